The van der Waals surface area contributed by atoms with Crippen molar-refractivity contribution in [3.8, 4) is 0 Å². The van der Waals surface area contributed by atoms with Crippen molar-refractivity contribution in [2.75, 3.05) is 12.3 Å². The van der Waals surface area contributed by atoms with Crippen LogP contribution in [0.2, 0.25) is 0 Å². The third-order valence-corrected chi connectivity index (χ3v) is 4.49. The number of carbonyl (C=O) groups excluding carboxylic acids is 1. The maximum absolute atomic E-state index is 12.2. The van der Waals surface area contributed by atoms with Gasteiger partial charge in [0.15, 0.2) is 5.78 Å². The fraction of sp³-hybridized carbons (Fsp3) is 0.727. The largest absolute Gasteiger partial charge is 0.356 e. The van der Waals surface area contributed by atoms with Crippen molar-refractivity contribution in [1.29, 1.82) is 0 Å². The maximum atomic E-state index is 12.2. The quantitative estimate of drug-likeness (QED) is 0.715. The summed E-state index contributed by atoms with van der Waals surface area (Å²) in [5, 5.41) is 0. The molecule has 1 fully saturated rings. The highest BCUT2D eigenvalue weighted by atomic mass is 32.2. The Hall–Kier alpha value is -0.440. The van der Waals surface area contributed by atoms with Crippen molar-refractivity contribution in [2.45, 2.75) is 38.0 Å². The van der Waals surface area contributed by atoms with Crippen LogP contribution in [0.5, 0.6) is 0 Å². The third kappa shape index (κ3) is 1.22. The molecule has 0 radical (unpaired) electrons. The van der Waals surface area contributed by atoms with Gasteiger partial charge in [0.05, 0.1) is 0 Å². The van der Waals surface area contributed by atoms with Gasteiger partial charge in [-0.1, -0.05) is 13.8 Å². The molecule has 0 N–H and O–H groups in total. The Morgan fingerprint density at radius 3 is 3.00 bits per heavy atom. The smallest absolute Gasteiger partial charge is 0.196 e. The second kappa shape index (κ2) is 3.61. The van der Waals surface area contributed by atoms with Crippen molar-refractivity contribution < 1.29 is 4.79 Å². The molecule has 1 unspecified atom stereocenters. The molecule has 78 valence electrons. The molecule has 0 aliphatic carbocycles. The van der Waals surface area contributed by atoms with Crippen molar-refractivity contribution in [3.05, 3.63) is 11.8 Å². The first-order valence-electron chi connectivity index (χ1n) is 5.40. The third-order valence-electron chi connectivity index (χ3n) is 3.10. The SMILES string of the molecule is CCSC12CCCN1C=C(CC)C2=O. The highest BCUT2D eigenvalue weighted by molar-refractivity contribution is 8.01. The zero-order valence-corrected chi connectivity index (χ0v) is 9.69. The zero-order valence-electron chi connectivity index (χ0n) is 8.88. The molecule has 0 amide bonds. The molecule has 14 heavy (non-hydrogen) atoms. The molecule has 2 nitrogen and oxygen atoms in total. The van der Waals surface area contributed by atoms with Crippen molar-refractivity contribution >= 4 is 17.5 Å². The average Bonchev–Trinajstić information content (AvgIpc) is 2.67. The summed E-state index contributed by atoms with van der Waals surface area (Å²) < 4.78 is 0. The number of rotatable bonds is 3. The number of fused-ring (bicyclic) bond motifs is 1. The van der Waals surface area contributed by atoms with Gasteiger partial charge in [0, 0.05) is 18.3 Å². The molecule has 0 aromatic heterocycles. The lowest BCUT2D eigenvalue weighted by atomic mass is 10.0. The molecular formula is C11H17NOS. The van der Waals surface area contributed by atoms with E-state index < -0.39 is 0 Å². The van der Waals surface area contributed by atoms with Gasteiger partial charge in [-0.05, 0) is 25.0 Å². The molecular weight excluding hydrogens is 194 g/mol. The second-order valence-electron chi connectivity index (χ2n) is 3.85. The van der Waals surface area contributed by atoms with Crippen LogP contribution in [0, 0.1) is 0 Å². The summed E-state index contributed by atoms with van der Waals surface area (Å²) in [5.41, 5.74) is 1.02. The first-order valence-corrected chi connectivity index (χ1v) is 6.39. The second-order valence-corrected chi connectivity index (χ2v) is 5.39. The van der Waals surface area contributed by atoms with Crippen LogP contribution in [0.4, 0.5) is 0 Å². The highest BCUT2D eigenvalue weighted by Crippen LogP contribution is 2.46. The van der Waals surface area contributed by atoms with E-state index in [9.17, 15) is 4.79 Å². The molecule has 2 aliphatic rings. The first-order chi connectivity index (χ1) is 6.74. The summed E-state index contributed by atoms with van der Waals surface area (Å²) in [6.45, 7) is 5.26. The van der Waals surface area contributed by atoms with Crippen LogP contribution in [0.3, 0.4) is 0 Å². The minimum atomic E-state index is -0.194. The van der Waals surface area contributed by atoms with Gasteiger partial charge in [-0.15, -0.1) is 11.8 Å². The lowest BCUT2D eigenvalue weighted by molar-refractivity contribution is -0.118. The number of nitrogens with zero attached hydrogens (tertiary/aromatic N) is 1. The predicted octanol–water partition coefficient (Wildman–Crippen LogP) is 2.41. The molecule has 0 aromatic rings. The molecule has 3 heteroatoms. The average molecular weight is 211 g/mol. The van der Waals surface area contributed by atoms with Crippen molar-refractivity contribution in [1.82, 2.24) is 4.90 Å². The van der Waals surface area contributed by atoms with Crippen LogP contribution in [-0.4, -0.2) is 27.9 Å². The van der Waals surface area contributed by atoms with Crippen LogP contribution < -0.4 is 0 Å². The summed E-state index contributed by atoms with van der Waals surface area (Å²) >= 11 is 1.81. The Morgan fingerprint density at radius 1 is 1.57 bits per heavy atom. The lowest BCUT2D eigenvalue weighted by Crippen LogP contribution is -2.40. The maximum Gasteiger partial charge on any atom is 0.196 e. The number of thioether (sulfide) groups is 1. The Labute approximate surface area is 89.7 Å². The van der Waals surface area contributed by atoms with Gasteiger partial charge in [-0.2, -0.15) is 0 Å². The van der Waals surface area contributed by atoms with E-state index in [0.29, 0.717) is 5.78 Å². The number of carbonyl (C=O) groups is 1. The number of ketones is 1. The number of Topliss-reactive ketones (excluding diaryl/α,β-unsaturated/α-hetero) is 1. The number of hydrogen-bond acceptors (Lipinski definition) is 3. The van der Waals surface area contributed by atoms with Gasteiger partial charge in [0.25, 0.3) is 0 Å². The molecule has 0 aromatic carbocycles. The standard InChI is InChI=1S/C11H17NOS/c1-3-9-8-12-7-5-6-11(12,10(9)13)14-4-2/h8H,3-7H2,1-2H3. The van der Waals surface area contributed by atoms with Crippen LogP contribution >= 0.6 is 11.8 Å². The minimum Gasteiger partial charge on any atom is -0.356 e. The molecule has 0 bridgehead atoms. The Balaban J connectivity index is 2.28. The molecule has 2 heterocycles. The van der Waals surface area contributed by atoms with Crippen molar-refractivity contribution in [2.24, 2.45) is 0 Å². The summed E-state index contributed by atoms with van der Waals surface area (Å²) in [6.07, 6.45) is 5.16. The topological polar surface area (TPSA) is 20.3 Å². The first kappa shape index (κ1) is 10.1. The normalized spacial score (nSPS) is 30.9. The minimum absolute atomic E-state index is 0.194. The van der Waals surface area contributed by atoms with E-state index in [1.165, 1.54) is 0 Å². The van der Waals surface area contributed by atoms with E-state index in [1.807, 2.05) is 11.8 Å². The summed E-state index contributed by atoms with van der Waals surface area (Å²) in [7, 11) is 0. The van der Waals surface area contributed by atoms with Crippen LogP contribution in [-0.2, 0) is 4.79 Å². The molecule has 1 saturated heterocycles. The van der Waals surface area contributed by atoms with Crippen LogP contribution in [0.25, 0.3) is 0 Å². The summed E-state index contributed by atoms with van der Waals surface area (Å²) in [6, 6.07) is 0. The van der Waals surface area contributed by atoms with E-state index in [-0.39, 0.29) is 4.87 Å². The zero-order chi connectivity index (χ0) is 10.2. The van der Waals surface area contributed by atoms with Gasteiger partial charge >= 0.3 is 0 Å². The van der Waals surface area contributed by atoms with Gasteiger partial charge in [-0.3, -0.25) is 4.79 Å². The summed E-state index contributed by atoms with van der Waals surface area (Å²) in [5.74, 6) is 1.40. The van der Waals surface area contributed by atoms with Gasteiger partial charge in [-0.25, -0.2) is 0 Å². The molecule has 2 aliphatic heterocycles. The number of hydrogen-bond donors (Lipinski definition) is 0. The van der Waals surface area contributed by atoms with Gasteiger partial charge < -0.3 is 4.90 Å². The van der Waals surface area contributed by atoms with Gasteiger partial charge in [0.2, 0.25) is 0 Å². The Bertz CT molecular complexity index is 287. The van der Waals surface area contributed by atoms with Crippen molar-refractivity contribution in [3.63, 3.8) is 0 Å². The summed E-state index contributed by atoms with van der Waals surface area (Å²) in [4.78, 5) is 14.3. The van der Waals surface area contributed by atoms with E-state index in [1.54, 1.807) is 0 Å². The van der Waals surface area contributed by atoms with Gasteiger partial charge in [0.1, 0.15) is 4.87 Å². The fourth-order valence-corrected chi connectivity index (χ4v) is 3.77. The Kier molecular flexibility index (Phi) is 2.60. The van der Waals surface area contributed by atoms with E-state index in [4.69, 9.17) is 0 Å². The highest BCUT2D eigenvalue weighted by Gasteiger charge is 2.50. The molecule has 2 rings (SSSR count). The van der Waals surface area contributed by atoms with Crippen LogP contribution in [0.1, 0.15) is 33.1 Å². The molecule has 0 spiro atoms. The van der Waals surface area contributed by atoms with E-state index >= 15 is 0 Å². The van der Waals surface area contributed by atoms with Crippen LogP contribution in [0.15, 0.2) is 11.8 Å². The monoisotopic (exact) mass is 211 g/mol. The lowest BCUT2D eigenvalue weighted by Gasteiger charge is -2.30. The predicted molar refractivity (Wildman–Crippen MR) is 60.2 cm³/mol. The molecule has 1 atom stereocenters. The fourth-order valence-electron chi connectivity index (χ4n) is 2.43. The molecule has 0 saturated carbocycles. The van der Waals surface area contributed by atoms with E-state index in [2.05, 4.69) is 24.9 Å². The van der Waals surface area contributed by atoms with E-state index in [0.717, 1.165) is 37.1 Å². The Morgan fingerprint density at radius 2 is 2.36 bits per heavy atom.